The van der Waals surface area contributed by atoms with E-state index in [9.17, 15) is 0 Å². The second-order valence-corrected chi connectivity index (χ2v) is 22.5. The molecule has 0 amide bonds. The van der Waals surface area contributed by atoms with Gasteiger partial charge in [-0.25, -0.2) is 0 Å². The Kier molecular flexibility index (Phi) is 3.86. The van der Waals surface area contributed by atoms with Crippen molar-refractivity contribution in [1.29, 1.82) is 0 Å². The van der Waals surface area contributed by atoms with Crippen molar-refractivity contribution in [2.24, 2.45) is 0 Å². The molecule has 2 aromatic carbocycles. The number of benzene rings is 2. The zero-order valence-corrected chi connectivity index (χ0v) is 21.1. The molecular weight excluding hydrogens is 417 g/mol. The SMILES string of the molecule is C[Si](C)(C)c1cc2c3cc([Si](C)(C)C)c4ccsc4c3sc2c2sccc12. The molecule has 0 unspecified atom stereocenters. The molecular formula is C22H24S3Si2. The number of thiophene rings is 3. The first kappa shape index (κ1) is 18.1. The fraction of sp³-hybridized carbons (Fsp3) is 0.273. The lowest BCUT2D eigenvalue weighted by Gasteiger charge is -2.19. The van der Waals surface area contributed by atoms with Gasteiger partial charge in [-0.2, -0.15) is 0 Å². The summed E-state index contributed by atoms with van der Waals surface area (Å²) in [5, 5.41) is 13.8. The van der Waals surface area contributed by atoms with Crippen molar-refractivity contribution in [3.05, 3.63) is 35.0 Å². The smallest absolute Gasteiger partial charge is 0.0784 e. The molecule has 5 aromatic rings. The van der Waals surface area contributed by atoms with E-state index in [2.05, 4.69) is 74.3 Å². The molecule has 138 valence electrons. The molecule has 27 heavy (non-hydrogen) atoms. The normalized spacial score (nSPS) is 13.6. The van der Waals surface area contributed by atoms with Crippen LogP contribution in [-0.2, 0) is 0 Å². The Labute approximate surface area is 174 Å². The first-order valence-corrected chi connectivity index (χ1v) is 19.0. The van der Waals surface area contributed by atoms with E-state index in [1.807, 2.05) is 34.0 Å². The fourth-order valence-corrected chi connectivity index (χ4v) is 11.0. The average Bonchev–Trinajstić information content (AvgIpc) is 3.27. The largest absolute Gasteiger partial charge is 0.142 e. The van der Waals surface area contributed by atoms with Gasteiger partial charge in [0, 0.05) is 10.8 Å². The molecule has 0 aliphatic heterocycles. The fourth-order valence-electron chi connectivity index (χ4n) is 4.16. The Morgan fingerprint density at radius 3 is 1.33 bits per heavy atom. The molecule has 0 aliphatic carbocycles. The van der Waals surface area contributed by atoms with Gasteiger partial charge in [-0.3, -0.25) is 0 Å². The predicted octanol–water partition coefficient (Wildman–Crippen LogP) is 7.57. The van der Waals surface area contributed by atoms with E-state index in [4.69, 9.17) is 0 Å². The van der Waals surface area contributed by atoms with Crippen molar-refractivity contribution in [2.75, 3.05) is 0 Å². The summed E-state index contributed by atoms with van der Waals surface area (Å²) in [6.45, 7) is 14.9. The van der Waals surface area contributed by atoms with Gasteiger partial charge in [0.1, 0.15) is 0 Å². The highest BCUT2D eigenvalue weighted by Crippen LogP contribution is 2.44. The number of rotatable bonds is 2. The lowest BCUT2D eigenvalue weighted by atomic mass is 10.1. The predicted molar refractivity (Wildman–Crippen MR) is 136 cm³/mol. The maximum atomic E-state index is 2.56. The van der Waals surface area contributed by atoms with Crippen LogP contribution >= 0.6 is 34.0 Å². The van der Waals surface area contributed by atoms with E-state index in [1.54, 1.807) is 10.4 Å². The minimum Gasteiger partial charge on any atom is -0.142 e. The van der Waals surface area contributed by atoms with Gasteiger partial charge in [-0.1, -0.05) is 61.8 Å². The third-order valence-corrected chi connectivity index (χ3v) is 12.9. The highest BCUT2D eigenvalue weighted by atomic mass is 32.1. The molecule has 0 nitrogen and oxygen atoms in total. The lowest BCUT2D eigenvalue weighted by molar-refractivity contribution is 1.76. The maximum Gasteiger partial charge on any atom is 0.0784 e. The summed E-state index contributed by atoms with van der Waals surface area (Å²) in [5.74, 6) is 0. The third-order valence-electron chi connectivity index (χ3n) is 5.50. The Morgan fingerprint density at radius 2 is 0.963 bits per heavy atom. The number of fused-ring (bicyclic) bond motifs is 7. The van der Waals surface area contributed by atoms with Gasteiger partial charge in [0.25, 0.3) is 0 Å². The van der Waals surface area contributed by atoms with E-state index in [0.717, 1.165) is 0 Å². The van der Waals surface area contributed by atoms with Gasteiger partial charge in [0.2, 0.25) is 0 Å². The van der Waals surface area contributed by atoms with Gasteiger partial charge < -0.3 is 0 Å². The van der Waals surface area contributed by atoms with Crippen LogP contribution in [0.25, 0.3) is 40.3 Å². The molecule has 0 radical (unpaired) electrons. The van der Waals surface area contributed by atoms with Crippen molar-refractivity contribution < 1.29 is 0 Å². The molecule has 5 rings (SSSR count). The topological polar surface area (TPSA) is 0 Å². The van der Waals surface area contributed by atoms with Crippen LogP contribution in [0.15, 0.2) is 35.0 Å². The van der Waals surface area contributed by atoms with Crippen molar-refractivity contribution >= 4 is 101 Å². The van der Waals surface area contributed by atoms with Crippen LogP contribution in [-0.4, -0.2) is 16.1 Å². The van der Waals surface area contributed by atoms with Crippen LogP contribution in [0.2, 0.25) is 39.3 Å². The van der Waals surface area contributed by atoms with Crippen LogP contribution in [0.5, 0.6) is 0 Å². The lowest BCUT2D eigenvalue weighted by Crippen LogP contribution is -2.38. The van der Waals surface area contributed by atoms with E-state index in [1.165, 1.54) is 40.3 Å². The summed E-state index contributed by atoms with van der Waals surface area (Å²) in [6, 6.07) is 9.82. The molecule has 0 saturated carbocycles. The first-order chi connectivity index (χ1) is 12.7. The summed E-state index contributed by atoms with van der Waals surface area (Å²) >= 11 is 5.87. The Hall–Kier alpha value is -0.986. The minimum atomic E-state index is -1.41. The molecule has 5 heteroatoms. The van der Waals surface area contributed by atoms with E-state index in [0.29, 0.717) is 0 Å². The Bertz CT molecular complexity index is 1230. The second kappa shape index (κ2) is 5.77. The summed E-state index contributed by atoms with van der Waals surface area (Å²) in [6.07, 6.45) is 0. The molecule has 0 bridgehead atoms. The first-order valence-electron chi connectivity index (χ1n) is 9.44. The standard InChI is InChI=1S/C22H24S3Si2/c1-26(2,3)17-11-15-16-12-18(27(4,5)6)14-8-10-24-20(14)22(16)25-21(15)19-13(17)7-9-23-19/h7-12H,1-6H3. The molecule has 0 atom stereocenters. The van der Waals surface area contributed by atoms with Gasteiger partial charge in [0.15, 0.2) is 0 Å². The van der Waals surface area contributed by atoms with Crippen LogP contribution in [0, 0.1) is 0 Å². The molecule has 0 fully saturated rings. The highest BCUT2D eigenvalue weighted by molar-refractivity contribution is 7.34. The molecule has 0 aliphatic rings. The quantitative estimate of drug-likeness (QED) is 0.248. The van der Waals surface area contributed by atoms with E-state index >= 15 is 0 Å². The van der Waals surface area contributed by atoms with Crippen LogP contribution in [0.1, 0.15) is 0 Å². The summed E-state index contributed by atoms with van der Waals surface area (Å²) in [7, 11) is -2.82. The van der Waals surface area contributed by atoms with Gasteiger partial charge >= 0.3 is 0 Å². The molecule has 0 N–H and O–H groups in total. The van der Waals surface area contributed by atoms with Crippen LogP contribution in [0.3, 0.4) is 0 Å². The second-order valence-electron chi connectivity index (χ2n) is 9.53. The highest BCUT2D eigenvalue weighted by Gasteiger charge is 2.26. The van der Waals surface area contributed by atoms with E-state index < -0.39 is 16.1 Å². The van der Waals surface area contributed by atoms with Gasteiger partial charge in [0.05, 0.1) is 34.9 Å². The summed E-state index contributed by atoms with van der Waals surface area (Å²) in [4.78, 5) is 0. The summed E-state index contributed by atoms with van der Waals surface area (Å²) in [5.41, 5.74) is 0. The van der Waals surface area contributed by atoms with Crippen LogP contribution in [0.4, 0.5) is 0 Å². The molecule has 0 spiro atoms. The minimum absolute atomic E-state index is 1.41. The Morgan fingerprint density at radius 1 is 0.556 bits per heavy atom. The average molecular weight is 441 g/mol. The van der Waals surface area contributed by atoms with Crippen molar-refractivity contribution in [3.63, 3.8) is 0 Å². The van der Waals surface area contributed by atoms with Gasteiger partial charge in [-0.05, 0) is 33.7 Å². The number of hydrogen-bond donors (Lipinski definition) is 0. The van der Waals surface area contributed by atoms with Crippen molar-refractivity contribution in [1.82, 2.24) is 0 Å². The number of hydrogen-bond acceptors (Lipinski definition) is 3. The van der Waals surface area contributed by atoms with E-state index in [-0.39, 0.29) is 0 Å². The monoisotopic (exact) mass is 440 g/mol. The summed E-state index contributed by atoms with van der Waals surface area (Å²) < 4.78 is 6.01. The molecule has 0 saturated heterocycles. The maximum absolute atomic E-state index is 2.56. The Balaban J connectivity index is 2.04. The van der Waals surface area contributed by atoms with Crippen LogP contribution < -0.4 is 10.4 Å². The zero-order valence-electron chi connectivity index (χ0n) is 16.7. The zero-order chi connectivity index (χ0) is 19.1. The molecule has 3 aromatic heterocycles. The van der Waals surface area contributed by atoms with Crippen molar-refractivity contribution in [2.45, 2.75) is 39.3 Å². The molecule has 3 heterocycles. The van der Waals surface area contributed by atoms with Crippen molar-refractivity contribution in [3.8, 4) is 0 Å². The third kappa shape index (κ3) is 2.63. The van der Waals surface area contributed by atoms with Gasteiger partial charge in [-0.15, -0.1) is 34.0 Å².